The van der Waals surface area contributed by atoms with Gasteiger partial charge in [0.25, 0.3) is 0 Å². The van der Waals surface area contributed by atoms with E-state index in [2.05, 4.69) is 68.5 Å². The van der Waals surface area contributed by atoms with Crippen molar-refractivity contribution in [3.63, 3.8) is 0 Å². The zero-order chi connectivity index (χ0) is 32.5. The number of hydrogen-bond donors (Lipinski definition) is 2. The van der Waals surface area contributed by atoms with E-state index in [1.807, 2.05) is 54.7 Å². The standard InChI is InChI=1S/C35H44N6O4/c1-22(40(8)32(42)44-34(2,3)4)30-36-20-27(38-30)25-15-11-23(12-16-25)24-13-17-26(18-14-24)28-21-37-31(39-28)29-10-9-19-41(29)33(43)45-35(5,6)7/h11-18,20-22,29H,9-10,19H2,1-8H3,(H,36,38)(H,37,39)/t22-,29-/m0/s1. The molecule has 10 heteroatoms. The Morgan fingerprint density at radius 3 is 1.89 bits per heavy atom. The molecule has 2 amide bonds. The summed E-state index contributed by atoms with van der Waals surface area (Å²) in [6.07, 6.45) is 4.69. The van der Waals surface area contributed by atoms with Gasteiger partial charge in [0.1, 0.15) is 22.9 Å². The second kappa shape index (κ2) is 12.4. The Morgan fingerprint density at radius 1 is 0.822 bits per heavy atom. The molecule has 0 bridgehead atoms. The van der Waals surface area contributed by atoms with Gasteiger partial charge in [0.15, 0.2) is 0 Å². The maximum Gasteiger partial charge on any atom is 0.410 e. The molecule has 1 aliphatic heterocycles. The number of aromatic amines is 2. The van der Waals surface area contributed by atoms with Gasteiger partial charge in [-0.25, -0.2) is 19.6 Å². The SMILES string of the molecule is C[C@@H](c1ncc(-c2ccc(-c3ccc(-c4cnc([C@@H]5CCCN5C(=O)OC(C)(C)C)[nH]4)cc3)cc2)[nH]1)N(C)C(=O)OC(C)(C)C. The second-order valence-corrected chi connectivity index (χ2v) is 13.6. The second-order valence-electron chi connectivity index (χ2n) is 13.6. The fourth-order valence-electron chi connectivity index (χ4n) is 5.30. The van der Waals surface area contributed by atoms with E-state index in [9.17, 15) is 9.59 Å². The quantitative estimate of drug-likeness (QED) is 0.227. The molecular formula is C35H44N6O4. The number of benzene rings is 2. The van der Waals surface area contributed by atoms with E-state index in [4.69, 9.17) is 9.47 Å². The molecular weight excluding hydrogens is 568 g/mol. The van der Waals surface area contributed by atoms with Crippen molar-refractivity contribution < 1.29 is 19.1 Å². The lowest BCUT2D eigenvalue weighted by Crippen LogP contribution is -2.36. The van der Waals surface area contributed by atoms with Gasteiger partial charge in [-0.2, -0.15) is 0 Å². The van der Waals surface area contributed by atoms with E-state index < -0.39 is 17.3 Å². The van der Waals surface area contributed by atoms with Crippen molar-refractivity contribution >= 4 is 12.2 Å². The number of amides is 2. The maximum atomic E-state index is 12.7. The molecule has 238 valence electrons. The first-order valence-electron chi connectivity index (χ1n) is 15.4. The Bertz CT molecular complexity index is 1630. The first kappa shape index (κ1) is 31.8. The molecule has 4 aromatic rings. The predicted molar refractivity (Wildman–Crippen MR) is 174 cm³/mol. The molecule has 1 saturated heterocycles. The summed E-state index contributed by atoms with van der Waals surface area (Å²) in [5.74, 6) is 1.46. The number of nitrogens with zero attached hydrogens (tertiary/aromatic N) is 4. The molecule has 2 N–H and O–H groups in total. The van der Waals surface area contributed by atoms with Crippen LogP contribution < -0.4 is 0 Å². The van der Waals surface area contributed by atoms with Gasteiger partial charge in [0, 0.05) is 13.6 Å². The molecule has 0 unspecified atom stereocenters. The van der Waals surface area contributed by atoms with Crippen molar-refractivity contribution in [3.8, 4) is 33.6 Å². The fraction of sp³-hybridized carbons (Fsp3) is 0.429. The minimum absolute atomic E-state index is 0.119. The predicted octanol–water partition coefficient (Wildman–Crippen LogP) is 8.13. The lowest BCUT2D eigenvalue weighted by molar-refractivity contribution is 0.0212. The number of carbonyl (C=O) groups is 2. The molecule has 2 aromatic carbocycles. The molecule has 1 fully saturated rings. The molecule has 5 rings (SSSR count). The summed E-state index contributed by atoms with van der Waals surface area (Å²) < 4.78 is 11.1. The highest BCUT2D eigenvalue weighted by atomic mass is 16.6. The van der Waals surface area contributed by atoms with Crippen LogP contribution in [-0.4, -0.2) is 66.7 Å². The van der Waals surface area contributed by atoms with E-state index >= 15 is 0 Å². The third-order valence-corrected chi connectivity index (χ3v) is 7.77. The minimum Gasteiger partial charge on any atom is -0.444 e. The highest BCUT2D eigenvalue weighted by Crippen LogP contribution is 2.33. The Morgan fingerprint density at radius 2 is 1.33 bits per heavy atom. The Balaban J connectivity index is 1.24. The number of nitrogens with one attached hydrogen (secondary N) is 2. The Kier molecular flexibility index (Phi) is 8.78. The van der Waals surface area contributed by atoms with E-state index in [1.165, 1.54) is 4.90 Å². The van der Waals surface area contributed by atoms with Crippen LogP contribution in [0.3, 0.4) is 0 Å². The average molecular weight is 613 g/mol. The van der Waals surface area contributed by atoms with Gasteiger partial charge in [-0.05, 0) is 83.6 Å². The summed E-state index contributed by atoms with van der Waals surface area (Å²) in [7, 11) is 1.71. The summed E-state index contributed by atoms with van der Waals surface area (Å²) in [4.78, 5) is 44.5. The van der Waals surface area contributed by atoms with E-state index in [1.54, 1.807) is 18.1 Å². The smallest absolute Gasteiger partial charge is 0.410 e. The van der Waals surface area contributed by atoms with E-state index in [-0.39, 0.29) is 18.2 Å². The number of rotatable bonds is 6. The molecule has 3 heterocycles. The normalized spacial score (nSPS) is 16.0. The van der Waals surface area contributed by atoms with Gasteiger partial charge in [0.05, 0.1) is 35.9 Å². The Labute approximate surface area is 265 Å². The van der Waals surface area contributed by atoms with Crippen molar-refractivity contribution in [3.05, 3.63) is 72.6 Å². The number of imidazole rings is 2. The lowest BCUT2D eigenvalue weighted by Gasteiger charge is -2.27. The van der Waals surface area contributed by atoms with E-state index in [0.29, 0.717) is 12.4 Å². The molecule has 2 atom stereocenters. The van der Waals surface area contributed by atoms with Crippen molar-refractivity contribution in [2.75, 3.05) is 13.6 Å². The molecule has 0 radical (unpaired) electrons. The molecule has 45 heavy (non-hydrogen) atoms. The van der Waals surface area contributed by atoms with E-state index in [0.717, 1.165) is 52.3 Å². The number of ether oxygens (including phenoxy) is 2. The molecule has 2 aromatic heterocycles. The van der Waals surface area contributed by atoms with Gasteiger partial charge in [-0.15, -0.1) is 0 Å². The van der Waals surface area contributed by atoms with Crippen molar-refractivity contribution in [2.24, 2.45) is 0 Å². The van der Waals surface area contributed by atoms with Crippen LogP contribution in [0.1, 0.15) is 85.0 Å². The van der Waals surface area contributed by atoms with Crippen LogP contribution in [0.5, 0.6) is 0 Å². The molecule has 0 saturated carbocycles. The van der Waals surface area contributed by atoms with Gasteiger partial charge in [-0.3, -0.25) is 4.90 Å². The average Bonchev–Trinajstić information content (AvgIpc) is 3.75. The van der Waals surface area contributed by atoms with Crippen LogP contribution in [0.25, 0.3) is 33.6 Å². The number of likely N-dealkylation sites (tertiary alicyclic amines) is 1. The van der Waals surface area contributed by atoms with Gasteiger partial charge >= 0.3 is 12.2 Å². The van der Waals surface area contributed by atoms with Crippen LogP contribution in [-0.2, 0) is 9.47 Å². The maximum absolute atomic E-state index is 12.7. The number of H-pyrrole nitrogens is 2. The first-order valence-corrected chi connectivity index (χ1v) is 15.4. The zero-order valence-corrected chi connectivity index (χ0v) is 27.5. The first-order chi connectivity index (χ1) is 21.2. The highest BCUT2D eigenvalue weighted by Gasteiger charge is 2.35. The fourth-order valence-corrected chi connectivity index (χ4v) is 5.30. The molecule has 1 aliphatic rings. The summed E-state index contributed by atoms with van der Waals surface area (Å²) in [5.41, 5.74) is 4.88. The van der Waals surface area contributed by atoms with Crippen LogP contribution in [0.15, 0.2) is 60.9 Å². The van der Waals surface area contributed by atoms with Crippen molar-refractivity contribution in [1.29, 1.82) is 0 Å². The Hall–Kier alpha value is -4.60. The van der Waals surface area contributed by atoms with Crippen molar-refractivity contribution in [2.45, 2.75) is 84.6 Å². The van der Waals surface area contributed by atoms with Crippen LogP contribution in [0.2, 0.25) is 0 Å². The topological polar surface area (TPSA) is 116 Å². The summed E-state index contributed by atoms with van der Waals surface area (Å²) in [6, 6.07) is 16.2. The number of carbonyl (C=O) groups excluding carboxylic acids is 2. The minimum atomic E-state index is -0.563. The van der Waals surface area contributed by atoms with Crippen LogP contribution in [0, 0.1) is 0 Å². The number of aromatic nitrogens is 4. The molecule has 10 nitrogen and oxygen atoms in total. The molecule has 0 aliphatic carbocycles. The van der Waals surface area contributed by atoms with Crippen LogP contribution in [0.4, 0.5) is 9.59 Å². The summed E-state index contributed by atoms with van der Waals surface area (Å²) in [5, 5.41) is 0. The monoisotopic (exact) mass is 612 g/mol. The zero-order valence-electron chi connectivity index (χ0n) is 27.5. The van der Waals surface area contributed by atoms with Crippen LogP contribution >= 0.6 is 0 Å². The highest BCUT2D eigenvalue weighted by molar-refractivity contribution is 5.72. The third kappa shape index (κ3) is 7.56. The third-order valence-electron chi connectivity index (χ3n) is 7.77. The van der Waals surface area contributed by atoms with Crippen molar-refractivity contribution in [1.82, 2.24) is 29.7 Å². The summed E-state index contributed by atoms with van der Waals surface area (Å²) in [6.45, 7) is 13.8. The largest absolute Gasteiger partial charge is 0.444 e. The molecule has 0 spiro atoms. The summed E-state index contributed by atoms with van der Waals surface area (Å²) >= 11 is 0. The number of hydrogen-bond acceptors (Lipinski definition) is 6. The van der Waals surface area contributed by atoms with Gasteiger partial charge in [0.2, 0.25) is 0 Å². The van der Waals surface area contributed by atoms with Gasteiger partial charge in [-0.1, -0.05) is 48.5 Å². The van der Waals surface area contributed by atoms with Gasteiger partial charge < -0.3 is 24.3 Å². The lowest BCUT2D eigenvalue weighted by atomic mass is 10.0.